The maximum absolute atomic E-state index is 12.3. The average Bonchev–Trinajstić information content (AvgIpc) is 2.76. The van der Waals surface area contributed by atoms with Crippen molar-refractivity contribution in [3.05, 3.63) is 0 Å². The molecule has 2 fully saturated rings. The molecule has 2 saturated heterocycles. The van der Waals surface area contributed by atoms with E-state index in [-0.39, 0.29) is 17.7 Å². The van der Waals surface area contributed by atoms with Gasteiger partial charge in [0.05, 0.1) is 12.5 Å². The number of likely N-dealkylation sites (tertiary alicyclic amines) is 1. The van der Waals surface area contributed by atoms with E-state index in [1.54, 1.807) is 19.1 Å². The lowest BCUT2D eigenvalue weighted by atomic mass is 10.1. The lowest BCUT2D eigenvalue weighted by Gasteiger charge is -2.35. The lowest BCUT2D eigenvalue weighted by Crippen LogP contribution is -2.51. The molecule has 2 aliphatic rings. The highest BCUT2D eigenvalue weighted by molar-refractivity contribution is 5.89. The molecule has 6 heteroatoms. The van der Waals surface area contributed by atoms with Gasteiger partial charge in [0, 0.05) is 59.8 Å². The second kappa shape index (κ2) is 6.34. The smallest absolute Gasteiger partial charge is 0.228 e. The zero-order valence-corrected chi connectivity index (χ0v) is 11.8. The lowest BCUT2D eigenvalue weighted by molar-refractivity contribution is -0.137. The Morgan fingerprint density at radius 2 is 2.00 bits per heavy atom. The minimum absolute atomic E-state index is 0.0806. The summed E-state index contributed by atoms with van der Waals surface area (Å²) in [6, 6.07) is 0. The van der Waals surface area contributed by atoms with E-state index in [2.05, 4.69) is 4.90 Å². The van der Waals surface area contributed by atoms with Gasteiger partial charge in [0.1, 0.15) is 0 Å². The molecule has 0 aromatic carbocycles. The fourth-order valence-electron chi connectivity index (χ4n) is 2.70. The molecule has 0 saturated carbocycles. The molecule has 0 aromatic heterocycles. The Kier molecular flexibility index (Phi) is 4.76. The summed E-state index contributed by atoms with van der Waals surface area (Å²) in [4.78, 5) is 29.6. The molecule has 2 aliphatic heterocycles. The third-order valence-corrected chi connectivity index (χ3v) is 3.99. The van der Waals surface area contributed by atoms with Gasteiger partial charge in [0.2, 0.25) is 11.8 Å². The van der Waals surface area contributed by atoms with E-state index in [1.807, 2.05) is 4.90 Å². The van der Waals surface area contributed by atoms with Crippen LogP contribution in [-0.4, -0.2) is 86.5 Å². The number of carbonyl (C=O) groups excluding carboxylic acids is 2. The minimum Gasteiger partial charge on any atom is -0.383 e. The molecule has 0 unspecified atom stereocenters. The van der Waals surface area contributed by atoms with Crippen LogP contribution in [0.5, 0.6) is 0 Å². The van der Waals surface area contributed by atoms with Crippen molar-refractivity contribution in [2.45, 2.75) is 6.42 Å². The van der Waals surface area contributed by atoms with Crippen molar-refractivity contribution >= 4 is 11.8 Å². The SMILES string of the molecule is COCCN1CCN(C(=O)[C@H]2CC(=O)N(C)C2)CC1. The summed E-state index contributed by atoms with van der Waals surface area (Å²) in [5.41, 5.74) is 0. The Morgan fingerprint density at radius 3 is 2.53 bits per heavy atom. The predicted molar refractivity (Wildman–Crippen MR) is 70.6 cm³/mol. The van der Waals surface area contributed by atoms with Crippen molar-refractivity contribution in [1.29, 1.82) is 0 Å². The van der Waals surface area contributed by atoms with E-state index in [0.29, 0.717) is 13.0 Å². The first-order chi connectivity index (χ1) is 9.11. The van der Waals surface area contributed by atoms with Crippen molar-refractivity contribution in [3.8, 4) is 0 Å². The molecule has 1 atom stereocenters. The summed E-state index contributed by atoms with van der Waals surface area (Å²) in [7, 11) is 3.46. The molecule has 0 bridgehead atoms. The minimum atomic E-state index is -0.136. The summed E-state index contributed by atoms with van der Waals surface area (Å²) < 4.78 is 5.06. The number of carbonyl (C=O) groups is 2. The van der Waals surface area contributed by atoms with Crippen LogP contribution < -0.4 is 0 Å². The largest absolute Gasteiger partial charge is 0.383 e. The van der Waals surface area contributed by atoms with E-state index in [1.165, 1.54) is 0 Å². The Bertz CT molecular complexity index is 340. The maximum Gasteiger partial charge on any atom is 0.228 e. The number of hydrogen-bond acceptors (Lipinski definition) is 4. The highest BCUT2D eigenvalue weighted by atomic mass is 16.5. The fraction of sp³-hybridized carbons (Fsp3) is 0.846. The molecule has 0 radical (unpaired) electrons. The number of methoxy groups -OCH3 is 1. The van der Waals surface area contributed by atoms with E-state index in [0.717, 1.165) is 39.3 Å². The Labute approximate surface area is 114 Å². The first-order valence-corrected chi connectivity index (χ1v) is 6.86. The highest BCUT2D eigenvalue weighted by Crippen LogP contribution is 2.19. The summed E-state index contributed by atoms with van der Waals surface area (Å²) >= 11 is 0. The third kappa shape index (κ3) is 3.45. The number of rotatable bonds is 4. The number of piperazine rings is 1. The van der Waals surface area contributed by atoms with E-state index in [9.17, 15) is 9.59 Å². The summed E-state index contributed by atoms with van der Waals surface area (Å²) in [5, 5.41) is 0. The van der Waals surface area contributed by atoms with E-state index < -0.39 is 0 Å². The predicted octanol–water partition coefficient (Wildman–Crippen LogP) is -0.745. The van der Waals surface area contributed by atoms with Crippen LogP contribution in [0.15, 0.2) is 0 Å². The molecule has 108 valence electrons. The van der Waals surface area contributed by atoms with Gasteiger partial charge in [-0.1, -0.05) is 0 Å². The quantitative estimate of drug-likeness (QED) is 0.674. The Balaban J connectivity index is 1.78. The van der Waals surface area contributed by atoms with E-state index in [4.69, 9.17) is 4.74 Å². The second-order valence-corrected chi connectivity index (χ2v) is 5.34. The zero-order valence-electron chi connectivity index (χ0n) is 11.8. The van der Waals surface area contributed by atoms with Crippen LogP contribution in [0.3, 0.4) is 0 Å². The molecule has 0 N–H and O–H groups in total. The second-order valence-electron chi connectivity index (χ2n) is 5.34. The van der Waals surface area contributed by atoms with Crippen LogP contribution in [0.1, 0.15) is 6.42 Å². The highest BCUT2D eigenvalue weighted by Gasteiger charge is 2.35. The summed E-state index contributed by atoms with van der Waals surface area (Å²) in [6.07, 6.45) is 0.374. The molecule has 2 rings (SSSR count). The van der Waals surface area contributed by atoms with Crippen LogP contribution in [0.4, 0.5) is 0 Å². The molecule has 2 amide bonds. The molecule has 19 heavy (non-hydrogen) atoms. The van der Waals surface area contributed by atoms with Crippen molar-refractivity contribution < 1.29 is 14.3 Å². The number of nitrogens with zero attached hydrogens (tertiary/aromatic N) is 3. The van der Waals surface area contributed by atoms with Gasteiger partial charge >= 0.3 is 0 Å². The molecular formula is C13H23N3O3. The Morgan fingerprint density at radius 1 is 1.32 bits per heavy atom. The van der Waals surface area contributed by atoms with Crippen LogP contribution in [-0.2, 0) is 14.3 Å². The van der Waals surface area contributed by atoms with Crippen molar-refractivity contribution in [2.75, 3.05) is 60.0 Å². The standard InChI is InChI=1S/C13H23N3O3/c1-14-10-11(9-12(14)17)13(18)16-5-3-15(4-6-16)7-8-19-2/h11H,3-10H2,1-2H3/t11-/m0/s1. The van der Waals surface area contributed by atoms with Crippen LogP contribution in [0, 0.1) is 5.92 Å². The number of amides is 2. The third-order valence-electron chi connectivity index (χ3n) is 3.99. The molecule has 6 nitrogen and oxygen atoms in total. The molecule has 0 spiro atoms. The summed E-state index contributed by atoms with van der Waals surface area (Å²) in [6.45, 7) is 5.53. The van der Waals surface area contributed by atoms with Crippen LogP contribution >= 0.6 is 0 Å². The van der Waals surface area contributed by atoms with Crippen LogP contribution in [0.25, 0.3) is 0 Å². The Hall–Kier alpha value is -1.14. The number of ether oxygens (including phenoxy) is 1. The molecular weight excluding hydrogens is 246 g/mol. The summed E-state index contributed by atoms with van der Waals surface area (Å²) in [5.74, 6) is 0.0872. The van der Waals surface area contributed by atoms with Gasteiger partial charge in [-0.2, -0.15) is 0 Å². The normalized spacial score (nSPS) is 25.2. The van der Waals surface area contributed by atoms with Gasteiger partial charge in [-0.15, -0.1) is 0 Å². The monoisotopic (exact) mass is 269 g/mol. The topological polar surface area (TPSA) is 53.1 Å². The van der Waals surface area contributed by atoms with Crippen molar-refractivity contribution in [3.63, 3.8) is 0 Å². The van der Waals surface area contributed by atoms with Gasteiger partial charge in [0.15, 0.2) is 0 Å². The maximum atomic E-state index is 12.3. The van der Waals surface area contributed by atoms with Crippen LogP contribution in [0.2, 0.25) is 0 Å². The molecule has 0 aromatic rings. The first-order valence-electron chi connectivity index (χ1n) is 6.86. The molecule has 0 aliphatic carbocycles. The van der Waals surface area contributed by atoms with Crippen molar-refractivity contribution in [1.82, 2.24) is 14.7 Å². The van der Waals surface area contributed by atoms with Gasteiger partial charge in [0.25, 0.3) is 0 Å². The van der Waals surface area contributed by atoms with Gasteiger partial charge in [-0.25, -0.2) is 0 Å². The van der Waals surface area contributed by atoms with Crippen molar-refractivity contribution in [2.24, 2.45) is 5.92 Å². The van der Waals surface area contributed by atoms with Gasteiger partial charge in [-0.05, 0) is 0 Å². The van der Waals surface area contributed by atoms with E-state index >= 15 is 0 Å². The van der Waals surface area contributed by atoms with Gasteiger partial charge < -0.3 is 14.5 Å². The molecule has 2 heterocycles. The first kappa shape index (κ1) is 14.3. The fourth-order valence-corrected chi connectivity index (χ4v) is 2.70. The average molecular weight is 269 g/mol. The zero-order chi connectivity index (χ0) is 13.8. The number of hydrogen-bond donors (Lipinski definition) is 0. The van der Waals surface area contributed by atoms with Gasteiger partial charge in [-0.3, -0.25) is 14.5 Å².